The first-order chi connectivity index (χ1) is 10.7. The second-order valence-corrected chi connectivity index (χ2v) is 6.02. The van der Waals surface area contributed by atoms with E-state index in [1.54, 1.807) is 6.20 Å². The minimum absolute atomic E-state index is 0.0564. The molecular formula is C16H24N4O2. The van der Waals surface area contributed by atoms with Crippen LogP contribution in [0.1, 0.15) is 23.7 Å². The number of pyridine rings is 1. The summed E-state index contributed by atoms with van der Waals surface area (Å²) in [4.78, 5) is 21.0. The lowest BCUT2D eigenvalue weighted by Gasteiger charge is -2.33. The topological polar surface area (TPSA) is 57.7 Å². The molecule has 2 aliphatic heterocycles. The van der Waals surface area contributed by atoms with Crippen molar-refractivity contribution in [1.29, 1.82) is 0 Å². The number of ether oxygens (including phenoxy) is 1. The molecule has 2 saturated heterocycles. The molecule has 2 aliphatic rings. The number of carbonyl (C=O) groups is 1. The van der Waals surface area contributed by atoms with Crippen molar-refractivity contribution in [1.82, 2.24) is 15.2 Å². The Labute approximate surface area is 131 Å². The van der Waals surface area contributed by atoms with Gasteiger partial charge in [-0.2, -0.15) is 0 Å². The van der Waals surface area contributed by atoms with E-state index in [2.05, 4.69) is 27.1 Å². The van der Waals surface area contributed by atoms with Gasteiger partial charge in [-0.05, 0) is 25.6 Å². The van der Waals surface area contributed by atoms with Gasteiger partial charge in [0.05, 0.1) is 24.3 Å². The number of nitrogens with zero attached hydrogens (tertiary/aromatic N) is 3. The molecule has 1 N–H and O–H groups in total. The molecule has 2 unspecified atom stereocenters. The lowest BCUT2D eigenvalue weighted by Crippen LogP contribution is -2.48. The molecule has 3 rings (SSSR count). The Bertz CT molecular complexity index is 519. The number of nitrogens with one attached hydrogen (secondary N) is 1. The van der Waals surface area contributed by atoms with E-state index >= 15 is 0 Å². The van der Waals surface area contributed by atoms with Crippen LogP contribution in [0.5, 0.6) is 0 Å². The Hall–Kier alpha value is -1.66. The van der Waals surface area contributed by atoms with E-state index in [1.807, 2.05) is 19.1 Å². The standard InChI is InChI=1S/C16H24N4O2/c1-3-6-17-16(21)12-4-5-15(18-9-12)20-10-13-14(11-20)22-8-7-19(13)2/h4-5,9,13-14H,3,6-8,10-11H2,1-2H3,(H,17,21). The quantitative estimate of drug-likeness (QED) is 0.889. The first-order valence-corrected chi connectivity index (χ1v) is 8.00. The average molecular weight is 304 g/mol. The van der Waals surface area contributed by atoms with Crippen molar-refractivity contribution in [3.05, 3.63) is 23.9 Å². The summed E-state index contributed by atoms with van der Waals surface area (Å²) in [5.74, 6) is 0.859. The van der Waals surface area contributed by atoms with Gasteiger partial charge in [0.15, 0.2) is 0 Å². The third-order valence-electron chi connectivity index (χ3n) is 4.45. The number of morpholine rings is 1. The molecule has 3 heterocycles. The second-order valence-electron chi connectivity index (χ2n) is 6.02. The number of likely N-dealkylation sites (N-methyl/N-ethyl adjacent to an activating group) is 1. The van der Waals surface area contributed by atoms with E-state index in [4.69, 9.17) is 4.74 Å². The summed E-state index contributed by atoms with van der Waals surface area (Å²) in [6.07, 6.45) is 2.85. The van der Waals surface area contributed by atoms with Crippen molar-refractivity contribution in [2.45, 2.75) is 25.5 Å². The van der Waals surface area contributed by atoms with Gasteiger partial charge in [-0.1, -0.05) is 6.92 Å². The second kappa shape index (κ2) is 6.62. The zero-order chi connectivity index (χ0) is 15.5. The maximum absolute atomic E-state index is 11.9. The van der Waals surface area contributed by atoms with Gasteiger partial charge in [0.25, 0.3) is 5.91 Å². The fourth-order valence-electron chi connectivity index (χ4n) is 3.09. The fraction of sp³-hybridized carbons (Fsp3) is 0.625. The van der Waals surface area contributed by atoms with Gasteiger partial charge in [-0.25, -0.2) is 4.98 Å². The van der Waals surface area contributed by atoms with Gasteiger partial charge in [-0.3, -0.25) is 9.69 Å². The highest BCUT2D eigenvalue weighted by Gasteiger charge is 2.38. The van der Waals surface area contributed by atoms with Crippen molar-refractivity contribution >= 4 is 11.7 Å². The number of fused-ring (bicyclic) bond motifs is 1. The van der Waals surface area contributed by atoms with Crippen molar-refractivity contribution in [3.63, 3.8) is 0 Å². The summed E-state index contributed by atoms with van der Waals surface area (Å²) >= 11 is 0. The van der Waals surface area contributed by atoms with Crippen molar-refractivity contribution in [2.24, 2.45) is 0 Å². The van der Waals surface area contributed by atoms with Crippen LogP contribution in [0, 0.1) is 0 Å². The first-order valence-electron chi connectivity index (χ1n) is 8.00. The van der Waals surface area contributed by atoms with Crippen LogP contribution in [-0.2, 0) is 4.74 Å². The summed E-state index contributed by atoms with van der Waals surface area (Å²) < 4.78 is 5.86. The van der Waals surface area contributed by atoms with E-state index in [9.17, 15) is 4.79 Å². The summed E-state index contributed by atoms with van der Waals surface area (Å²) in [6, 6.07) is 4.21. The van der Waals surface area contributed by atoms with Crippen molar-refractivity contribution < 1.29 is 9.53 Å². The van der Waals surface area contributed by atoms with E-state index in [-0.39, 0.29) is 12.0 Å². The lowest BCUT2D eigenvalue weighted by molar-refractivity contribution is -0.0362. The maximum Gasteiger partial charge on any atom is 0.252 e. The van der Waals surface area contributed by atoms with Gasteiger partial charge in [0, 0.05) is 32.4 Å². The largest absolute Gasteiger partial charge is 0.373 e. The van der Waals surface area contributed by atoms with Gasteiger partial charge >= 0.3 is 0 Å². The molecule has 2 atom stereocenters. The number of hydrogen-bond donors (Lipinski definition) is 1. The average Bonchev–Trinajstić information content (AvgIpc) is 2.98. The third-order valence-corrected chi connectivity index (χ3v) is 4.45. The number of hydrogen-bond acceptors (Lipinski definition) is 5. The number of aromatic nitrogens is 1. The smallest absolute Gasteiger partial charge is 0.252 e. The van der Waals surface area contributed by atoms with Gasteiger partial charge in [0.2, 0.25) is 0 Å². The molecule has 0 spiro atoms. The van der Waals surface area contributed by atoms with Crippen LogP contribution in [0.4, 0.5) is 5.82 Å². The summed E-state index contributed by atoms with van der Waals surface area (Å²) in [5.41, 5.74) is 0.613. The SMILES string of the molecule is CCCNC(=O)c1ccc(N2CC3OCCN(C)C3C2)nc1. The molecule has 1 aromatic rings. The molecule has 0 aliphatic carbocycles. The molecule has 0 bridgehead atoms. The van der Waals surface area contributed by atoms with Crippen molar-refractivity contribution in [2.75, 3.05) is 44.7 Å². The summed E-state index contributed by atoms with van der Waals surface area (Å²) in [5, 5.41) is 2.86. The van der Waals surface area contributed by atoms with Gasteiger partial charge in [0.1, 0.15) is 5.82 Å². The third kappa shape index (κ3) is 3.08. The van der Waals surface area contributed by atoms with E-state index in [0.717, 1.165) is 38.5 Å². The monoisotopic (exact) mass is 304 g/mol. The molecule has 6 heteroatoms. The van der Waals surface area contributed by atoms with Gasteiger partial charge in [-0.15, -0.1) is 0 Å². The molecular weight excluding hydrogens is 280 g/mol. The van der Waals surface area contributed by atoms with Crippen LogP contribution in [0.3, 0.4) is 0 Å². The normalized spacial score (nSPS) is 25.1. The highest BCUT2D eigenvalue weighted by atomic mass is 16.5. The zero-order valence-electron chi connectivity index (χ0n) is 13.3. The fourth-order valence-corrected chi connectivity index (χ4v) is 3.09. The Balaban J connectivity index is 1.65. The Morgan fingerprint density at radius 1 is 1.45 bits per heavy atom. The predicted octanol–water partition coefficient (Wildman–Crippen LogP) is 0.741. The lowest BCUT2D eigenvalue weighted by atomic mass is 10.1. The Morgan fingerprint density at radius 2 is 2.32 bits per heavy atom. The van der Waals surface area contributed by atoms with E-state index in [0.29, 0.717) is 18.2 Å². The number of rotatable bonds is 4. The van der Waals surface area contributed by atoms with Crippen LogP contribution in [0.2, 0.25) is 0 Å². The molecule has 1 aromatic heterocycles. The van der Waals surface area contributed by atoms with Crippen LogP contribution in [0.25, 0.3) is 0 Å². The zero-order valence-corrected chi connectivity index (χ0v) is 13.3. The number of carbonyl (C=O) groups excluding carboxylic acids is 1. The van der Waals surface area contributed by atoms with Crippen LogP contribution < -0.4 is 10.2 Å². The highest BCUT2D eigenvalue weighted by Crippen LogP contribution is 2.25. The van der Waals surface area contributed by atoms with Gasteiger partial charge < -0.3 is 15.0 Å². The number of amides is 1. The van der Waals surface area contributed by atoms with Crippen LogP contribution in [0.15, 0.2) is 18.3 Å². The summed E-state index contributed by atoms with van der Waals surface area (Å²) in [7, 11) is 2.15. The summed E-state index contributed by atoms with van der Waals surface area (Å²) in [6.45, 7) is 6.31. The minimum atomic E-state index is -0.0564. The molecule has 6 nitrogen and oxygen atoms in total. The van der Waals surface area contributed by atoms with Crippen molar-refractivity contribution in [3.8, 4) is 0 Å². The minimum Gasteiger partial charge on any atom is -0.373 e. The first kappa shape index (κ1) is 15.2. The molecule has 0 saturated carbocycles. The molecule has 0 aromatic carbocycles. The van der Waals surface area contributed by atoms with Crippen LogP contribution in [-0.4, -0.2) is 67.8 Å². The number of anilines is 1. The predicted molar refractivity (Wildman–Crippen MR) is 85.2 cm³/mol. The maximum atomic E-state index is 11.9. The molecule has 120 valence electrons. The molecule has 2 fully saturated rings. The molecule has 22 heavy (non-hydrogen) atoms. The van der Waals surface area contributed by atoms with E-state index in [1.165, 1.54) is 0 Å². The Kier molecular flexibility index (Phi) is 4.59. The molecule has 1 amide bonds. The van der Waals surface area contributed by atoms with E-state index < -0.39 is 0 Å². The highest BCUT2D eigenvalue weighted by molar-refractivity contribution is 5.94. The molecule has 0 radical (unpaired) electrons. The Morgan fingerprint density at radius 3 is 3.00 bits per heavy atom. The van der Waals surface area contributed by atoms with Crippen LogP contribution >= 0.6 is 0 Å².